The number of rotatable bonds is 6. The van der Waals surface area contributed by atoms with Crippen LogP contribution in [-0.2, 0) is 4.79 Å². The fourth-order valence-corrected chi connectivity index (χ4v) is 1.28. The summed E-state index contributed by atoms with van der Waals surface area (Å²) in [5, 5.41) is 2.77. The van der Waals surface area contributed by atoms with E-state index in [1.807, 2.05) is 13.8 Å². The normalized spacial score (nSPS) is 10.4. The molecule has 0 aliphatic carbocycles. The summed E-state index contributed by atoms with van der Waals surface area (Å²) in [5.41, 5.74) is 5.95. The average Bonchev–Trinajstić information content (AvgIpc) is 2.28. The van der Waals surface area contributed by atoms with Gasteiger partial charge in [0.05, 0.1) is 6.10 Å². The molecule has 5 nitrogen and oxygen atoms in total. The maximum absolute atomic E-state index is 11.6. The second-order valence-corrected chi connectivity index (χ2v) is 3.96. The molecule has 0 bridgehead atoms. The van der Waals surface area contributed by atoms with E-state index in [0.29, 0.717) is 31.0 Å². The van der Waals surface area contributed by atoms with E-state index in [9.17, 15) is 4.79 Å². The van der Waals surface area contributed by atoms with Crippen LogP contribution in [0.2, 0.25) is 0 Å². The van der Waals surface area contributed by atoms with E-state index in [1.165, 1.54) is 0 Å². The lowest BCUT2D eigenvalue weighted by Gasteiger charge is -2.13. The summed E-state index contributed by atoms with van der Waals surface area (Å²) in [6, 6.07) is 3.52. The SMILES string of the molecule is CC(C)Oc1ncccc1NC(=O)CCCN. The Balaban J connectivity index is 2.66. The average molecular weight is 237 g/mol. The number of ether oxygens (including phenoxy) is 1. The number of carbonyl (C=O) groups excluding carboxylic acids is 1. The molecule has 0 spiro atoms. The van der Waals surface area contributed by atoms with Gasteiger partial charge in [0.1, 0.15) is 5.69 Å². The summed E-state index contributed by atoms with van der Waals surface area (Å²) < 4.78 is 5.50. The third-order valence-corrected chi connectivity index (χ3v) is 2.00. The van der Waals surface area contributed by atoms with Gasteiger partial charge in [-0.2, -0.15) is 0 Å². The van der Waals surface area contributed by atoms with E-state index >= 15 is 0 Å². The third kappa shape index (κ3) is 4.82. The van der Waals surface area contributed by atoms with E-state index in [2.05, 4.69) is 10.3 Å². The van der Waals surface area contributed by atoms with E-state index in [4.69, 9.17) is 10.5 Å². The number of aromatic nitrogens is 1. The van der Waals surface area contributed by atoms with Crippen molar-refractivity contribution in [3.8, 4) is 5.88 Å². The predicted molar refractivity (Wildman–Crippen MR) is 66.9 cm³/mol. The first-order valence-corrected chi connectivity index (χ1v) is 5.75. The number of pyridine rings is 1. The van der Waals surface area contributed by atoms with Crippen LogP contribution in [0.1, 0.15) is 26.7 Å². The van der Waals surface area contributed by atoms with Crippen LogP contribution in [0.15, 0.2) is 18.3 Å². The number of nitrogens with zero attached hydrogens (tertiary/aromatic N) is 1. The van der Waals surface area contributed by atoms with E-state index < -0.39 is 0 Å². The van der Waals surface area contributed by atoms with Crippen molar-refractivity contribution in [1.29, 1.82) is 0 Å². The molecule has 0 saturated carbocycles. The number of nitrogens with one attached hydrogen (secondary N) is 1. The molecule has 0 radical (unpaired) electrons. The van der Waals surface area contributed by atoms with Crippen LogP contribution in [0.3, 0.4) is 0 Å². The third-order valence-electron chi connectivity index (χ3n) is 2.00. The molecule has 0 aliphatic rings. The molecule has 0 saturated heterocycles. The highest BCUT2D eigenvalue weighted by atomic mass is 16.5. The Morgan fingerprint density at radius 2 is 2.35 bits per heavy atom. The number of carbonyl (C=O) groups is 1. The summed E-state index contributed by atoms with van der Waals surface area (Å²) in [6.07, 6.45) is 2.73. The first-order valence-electron chi connectivity index (χ1n) is 5.75. The van der Waals surface area contributed by atoms with E-state index in [-0.39, 0.29) is 12.0 Å². The Morgan fingerprint density at radius 3 is 3.00 bits per heavy atom. The molecule has 0 aliphatic heterocycles. The quantitative estimate of drug-likeness (QED) is 0.787. The number of hydrogen-bond acceptors (Lipinski definition) is 4. The molecule has 0 unspecified atom stereocenters. The van der Waals surface area contributed by atoms with Gasteiger partial charge in [-0.15, -0.1) is 0 Å². The van der Waals surface area contributed by atoms with Gasteiger partial charge in [0.15, 0.2) is 0 Å². The second-order valence-electron chi connectivity index (χ2n) is 3.96. The molecule has 17 heavy (non-hydrogen) atoms. The molecule has 3 N–H and O–H groups in total. The summed E-state index contributed by atoms with van der Waals surface area (Å²) in [6.45, 7) is 4.33. The number of anilines is 1. The topological polar surface area (TPSA) is 77.2 Å². The Morgan fingerprint density at radius 1 is 1.59 bits per heavy atom. The molecule has 5 heteroatoms. The van der Waals surface area contributed by atoms with Gasteiger partial charge in [-0.1, -0.05) is 0 Å². The Labute approximate surface area is 101 Å². The van der Waals surface area contributed by atoms with Crippen LogP contribution in [0, 0.1) is 0 Å². The molecule has 1 heterocycles. The minimum atomic E-state index is -0.0722. The van der Waals surface area contributed by atoms with Gasteiger partial charge in [0.25, 0.3) is 0 Å². The van der Waals surface area contributed by atoms with Crippen molar-refractivity contribution in [2.75, 3.05) is 11.9 Å². The molecule has 94 valence electrons. The highest BCUT2D eigenvalue weighted by molar-refractivity contribution is 5.91. The number of amides is 1. The van der Waals surface area contributed by atoms with Gasteiger partial charge >= 0.3 is 0 Å². The minimum Gasteiger partial charge on any atom is -0.473 e. The summed E-state index contributed by atoms with van der Waals surface area (Å²) in [7, 11) is 0. The zero-order valence-electron chi connectivity index (χ0n) is 10.3. The molecular weight excluding hydrogens is 218 g/mol. The van der Waals surface area contributed by atoms with Gasteiger partial charge in [0, 0.05) is 12.6 Å². The summed E-state index contributed by atoms with van der Waals surface area (Å²) in [4.78, 5) is 15.6. The number of hydrogen-bond donors (Lipinski definition) is 2. The van der Waals surface area contributed by atoms with Gasteiger partial charge in [0.2, 0.25) is 11.8 Å². The van der Waals surface area contributed by atoms with E-state index in [0.717, 1.165) is 0 Å². The molecule has 1 amide bonds. The Hall–Kier alpha value is -1.62. The van der Waals surface area contributed by atoms with Crippen molar-refractivity contribution in [2.24, 2.45) is 5.73 Å². The fraction of sp³-hybridized carbons (Fsp3) is 0.500. The zero-order chi connectivity index (χ0) is 12.7. The second kappa shape index (κ2) is 6.85. The highest BCUT2D eigenvalue weighted by Gasteiger charge is 2.09. The van der Waals surface area contributed by atoms with Crippen molar-refractivity contribution in [3.05, 3.63) is 18.3 Å². The summed E-state index contributed by atoms with van der Waals surface area (Å²) >= 11 is 0. The fourth-order valence-electron chi connectivity index (χ4n) is 1.28. The monoisotopic (exact) mass is 237 g/mol. The molecular formula is C12H19N3O2. The highest BCUT2D eigenvalue weighted by Crippen LogP contribution is 2.21. The van der Waals surface area contributed by atoms with Crippen LogP contribution in [0.4, 0.5) is 5.69 Å². The van der Waals surface area contributed by atoms with Crippen molar-refractivity contribution in [2.45, 2.75) is 32.8 Å². The molecule has 1 aromatic heterocycles. The largest absolute Gasteiger partial charge is 0.473 e. The molecule has 0 fully saturated rings. The lowest BCUT2D eigenvalue weighted by atomic mass is 10.3. The van der Waals surface area contributed by atoms with Crippen LogP contribution in [0.5, 0.6) is 5.88 Å². The van der Waals surface area contributed by atoms with Crippen LogP contribution < -0.4 is 15.8 Å². The maximum Gasteiger partial charge on any atom is 0.238 e. The molecule has 0 aromatic carbocycles. The van der Waals surface area contributed by atoms with Gasteiger partial charge < -0.3 is 15.8 Å². The predicted octanol–water partition coefficient (Wildman–Crippen LogP) is 1.55. The van der Waals surface area contributed by atoms with Crippen LogP contribution in [-0.4, -0.2) is 23.5 Å². The van der Waals surface area contributed by atoms with Gasteiger partial charge in [-0.25, -0.2) is 4.98 Å². The smallest absolute Gasteiger partial charge is 0.238 e. The number of nitrogens with two attached hydrogens (primary N) is 1. The standard InChI is InChI=1S/C12H19N3O2/c1-9(2)17-12-10(5-4-8-14-12)15-11(16)6-3-7-13/h4-5,8-9H,3,6-7,13H2,1-2H3,(H,15,16). The zero-order valence-corrected chi connectivity index (χ0v) is 10.3. The van der Waals surface area contributed by atoms with Gasteiger partial charge in [-0.3, -0.25) is 4.79 Å². The minimum absolute atomic E-state index is 0.0181. The van der Waals surface area contributed by atoms with Crippen molar-refractivity contribution in [1.82, 2.24) is 4.98 Å². The van der Waals surface area contributed by atoms with Crippen molar-refractivity contribution < 1.29 is 9.53 Å². The van der Waals surface area contributed by atoms with Gasteiger partial charge in [-0.05, 0) is 38.9 Å². The maximum atomic E-state index is 11.6. The van der Waals surface area contributed by atoms with Crippen LogP contribution >= 0.6 is 0 Å². The van der Waals surface area contributed by atoms with Crippen molar-refractivity contribution in [3.63, 3.8) is 0 Å². The van der Waals surface area contributed by atoms with Crippen LogP contribution in [0.25, 0.3) is 0 Å². The van der Waals surface area contributed by atoms with Crippen molar-refractivity contribution >= 4 is 11.6 Å². The lowest BCUT2D eigenvalue weighted by molar-refractivity contribution is -0.116. The molecule has 1 aromatic rings. The lowest BCUT2D eigenvalue weighted by Crippen LogP contribution is -2.16. The van der Waals surface area contributed by atoms with E-state index in [1.54, 1.807) is 18.3 Å². The first-order chi connectivity index (χ1) is 8.13. The summed E-state index contributed by atoms with van der Waals surface area (Å²) in [5.74, 6) is 0.376. The Bertz CT molecular complexity index is 367. The molecule has 0 atom stereocenters. The first kappa shape index (κ1) is 13.4. The Kier molecular flexibility index (Phi) is 5.42. The molecule has 1 rings (SSSR count).